The van der Waals surface area contributed by atoms with Crippen LogP contribution >= 0.6 is 0 Å². The highest BCUT2D eigenvalue weighted by Crippen LogP contribution is 2.22. The number of nitrogens with zero attached hydrogens (tertiary/aromatic N) is 2. The minimum Gasteiger partial charge on any atom is -0.384 e. The summed E-state index contributed by atoms with van der Waals surface area (Å²) in [5.74, 6) is 0.0871. The third-order valence-corrected chi connectivity index (χ3v) is 3.20. The molecule has 1 heterocycles. The van der Waals surface area contributed by atoms with Crippen molar-refractivity contribution in [3.8, 4) is 0 Å². The molecule has 0 amide bonds. The molecule has 0 aliphatic rings. The van der Waals surface area contributed by atoms with Gasteiger partial charge in [-0.2, -0.15) is 0 Å². The van der Waals surface area contributed by atoms with Crippen molar-refractivity contribution >= 4 is 11.5 Å². The van der Waals surface area contributed by atoms with Gasteiger partial charge < -0.3 is 10.6 Å². The fraction of sp³-hybridized carbons (Fsp3) is 0.250. The van der Waals surface area contributed by atoms with Crippen LogP contribution in [0.15, 0.2) is 36.4 Å². The lowest BCUT2D eigenvalue weighted by molar-refractivity contribution is 0.875. The highest BCUT2D eigenvalue weighted by molar-refractivity contribution is 6.00. The number of aromatic nitrogens is 1. The lowest BCUT2D eigenvalue weighted by Gasteiger charge is -2.22. The number of hydrogen-bond donors (Lipinski definition) is 2. The predicted octanol–water partition coefficient (Wildman–Crippen LogP) is 2.62. The van der Waals surface area contributed by atoms with E-state index in [1.54, 1.807) is 0 Å². The van der Waals surface area contributed by atoms with Crippen molar-refractivity contribution in [1.82, 2.24) is 4.98 Å². The zero-order valence-electron chi connectivity index (χ0n) is 12.1. The van der Waals surface area contributed by atoms with Gasteiger partial charge in [0.1, 0.15) is 5.84 Å². The molecule has 0 atom stereocenters. The smallest absolute Gasteiger partial charge is 0.124 e. The average molecular weight is 268 g/mol. The molecule has 1 aromatic carbocycles. The van der Waals surface area contributed by atoms with Gasteiger partial charge in [0.05, 0.1) is 12.2 Å². The van der Waals surface area contributed by atoms with Crippen molar-refractivity contribution in [3.05, 3.63) is 58.9 Å². The number of amidine groups is 1. The SMILES string of the molecule is Cc1ccc(C(=N)N)c(N(C)Cc2cccc(C)n2)c1. The summed E-state index contributed by atoms with van der Waals surface area (Å²) in [6, 6.07) is 11.9. The molecular weight excluding hydrogens is 248 g/mol. The lowest BCUT2D eigenvalue weighted by atomic mass is 10.1. The first-order valence-electron chi connectivity index (χ1n) is 6.56. The van der Waals surface area contributed by atoms with Crippen LogP contribution in [0.25, 0.3) is 0 Å². The maximum atomic E-state index is 7.69. The van der Waals surface area contributed by atoms with Crippen molar-refractivity contribution in [1.29, 1.82) is 5.41 Å². The maximum absolute atomic E-state index is 7.69. The van der Waals surface area contributed by atoms with Gasteiger partial charge in [0.2, 0.25) is 0 Å². The summed E-state index contributed by atoms with van der Waals surface area (Å²) in [4.78, 5) is 6.58. The van der Waals surface area contributed by atoms with E-state index in [-0.39, 0.29) is 5.84 Å². The number of nitrogens with one attached hydrogen (secondary N) is 1. The second-order valence-corrected chi connectivity index (χ2v) is 5.06. The van der Waals surface area contributed by atoms with Crippen LogP contribution < -0.4 is 10.6 Å². The van der Waals surface area contributed by atoms with Gasteiger partial charge >= 0.3 is 0 Å². The molecular formula is C16H20N4. The number of aryl methyl sites for hydroxylation is 2. The van der Waals surface area contributed by atoms with Crippen LogP contribution in [-0.2, 0) is 6.54 Å². The van der Waals surface area contributed by atoms with Gasteiger partial charge in [0, 0.05) is 24.0 Å². The van der Waals surface area contributed by atoms with Crippen LogP contribution in [0.1, 0.15) is 22.5 Å². The van der Waals surface area contributed by atoms with Crippen LogP contribution in [0.2, 0.25) is 0 Å². The standard InChI is InChI=1S/C16H20N4/c1-11-7-8-14(16(17)18)15(9-11)20(3)10-13-6-4-5-12(2)19-13/h4-9H,10H2,1-3H3,(H3,17,18). The molecule has 0 fully saturated rings. The summed E-state index contributed by atoms with van der Waals surface area (Å²) in [5.41, 5.74) is 10.5. The minimum atomic E-state index is 0.0871. The van der Waals surface area contributed by atoms with E-state index in [1.807, 2.05) is 57.3 Å². The first-order chi connectivity index (χ1) is 9.47. The molecule has 0 aliphatic heterocycles. The molecule has 3 N–H and O–H groups in total. The van der Waals surface area contributed by atoms with E-state index in [4.69, 9.17) is 11.1 Å². The van der Waals surface area contributed by atoms with E-state index in [9.17, 15) is 0 Å². The number of nitrogen functional groups attached to an aromatic ring is 1. The zero-order valence-corrected chi connectivity index (χ0v) is 12.1. The van der Waals surface area contributed by atoms with Crippen LogP contribution in [-0.4, -0.2) is 17.9 Å². The van der Waals surface area contributed by atoms with Crippen molar-refractivity contribution in [2.75, 3.05) is 11.9 Å². The Bertz CT molecular complexity index is 634. The normalized spacial score (nSPS) is 10.3. The summed E-state index contributed by atoms with van der Waals surface area (Å²) in [6.07, 6.45) is 0. The topological polar surface area (TPSA) is 66.0 Å². The van der Waals surface area contributed by atoms with Gasteiger partial charge in [-0.15, -0.1) is 0 Å². The van der Waals surface area contributed by atoms with E-state index >= 15 is 0 Å². The minimum absolute atomic E-state index is 0.0871. The highest BCUT2D eigenvalue weighted by atomic mass is 15.1. The summed E-state index contributed by atoms with van der Waals surface area (Å²) in [5, 5.41) is 7.69. The number of hydrogen-bond acceptors (Lipinski definition) is 3. The Hall–Kier alpha value is -2.36. The van der Waals surface area contributed by atoms with E-state index < -0.39 is 0 Å². The first kappa shape index (κ1) is 14.1. The van der Waals surface area contributed by atoms with Gasteiger partial charge in [-0.1, -0.05) is 12.1 Å². The molecule has 104 valence electrons. The molecule has 0 aliphatic carbocycles. The van der Waals surface area contributed by atoms with Crippen molar-refractivity contribution in [3.63, 3.8) is 0 Å². The molecule has 4 nitrogen and oxygen atoms in total. The molecule has 0 spiro atoms. The Morgan fingerprint density at radius 3 is 2.65 bits per heavy atom. The quantitative estimate of drug-likeness (QED) is 0.661. The molecule has 0 bridgehead atoms. The van der Waals surface area contributed by atoms with E-state index in [0.29, 0.717) is 6.54 Å². The van der Waals surface area contributed by atoms with Crippen molar-refractivity contribution in [2.24, 2.45) is 5.73 Å². The molecule has 4 heteroatoms. The Labute approximate surface area is 119 Å². The van der Waals surface area contributed by atoms with E-state index in [1.165, 1.54) is 0 Å². The number of benzene rings is 1. The summed E-state index contributed by atoms with van der Waals surface area (Å²) in [7, 11) is 1.99. The molecule has 20 heavy (non-hydrogen) atoms. The molecule has 0 saturated carbocycles. The summed E-state index contributed by atoms with van der Waals surface area (Å²) >= 11 is 0. The second-order valence-electron chi connectivity index (χ2n) is 5.06. The third-order valence-electron chi connectivity index (χ3n) is 3.20. The van der Waals surface area contributed by atoms with Crippen LogP contribution in [0.4, 0.5) is 5.69 Å². The van der Waals surface area contributed by atoms with Gasteiger partial charge in [-0.3, -0.25) is 10.4 Å². The second kappa shape index (κ2) is 5.74. The number of nitrogens with two attached hydrogens (primary N) is 1. The summed E-state index contributed by atoms with van der Waals surface area (Å²) < 4.78 is 0. The maximum Gasteiger partial charge on any atom is 0.124 e. The monoisotopic (exact) mass is 268 g/mol. The van der Waals surface area contributed by atoms with E-state index in [0.717, 1.165) is 28.2 Å². The Morgan fingerprint density at radius 1 is 1.25 bits per heavy atom. The number of pyridine rings is 1. The molecule has 0 saturated heterocycles. The molecule has 2 aromatic rings. The highest BCUT2D eigenvalue weighted by Gasteiger charge is 2.11. The summed E-state index contributed by atoms with van der Waals surface area (Å²) in [6.45, 7) is 4.70. The Morgan fingerprint density at radius 2 is 2.00 bits per heavy atom. The van der Waals surface area contributed by atoms with Crippen LogP contribution in [0.3, 0.4) is 0 Å². The fourth-order valence-corrected chi connectivity index (χ4v) is 2.20. The number of rotatable bonds is 4. The lowest BCUT2D eigenvalue weighted by Crippen LogP contribution is -2.22. The average Bonchev–Trinajstić information content (AvgIpc) is 2.38. The molecule has 0 unspecified atom stereocenters. The van der Waals surface area contributed by atoms with Gasteiger partial charge in [0.25, 0.3) is 0 Å². The molecule has 0 radical (unpaired) electrons. The predicted molar refractivity (Wildman–Crippen MR) is 83.3 cm³/mol. The molecule has 2 rings (SSSR count). The molecule has 1 aromatic heterocycles. The van der Waals surface area contributed by atoms with E-state index in [2.05, 4.69) is 9.88 Å². The Balaban J connectivity index is 2.31. The van der Waals surface area contributed by atoms with Crippen molar-refractivity contribution in [2.45, 2.75) is 20.4 Å². The van der Waals surface area contributed by atoms with Crippen molar-refractivity contribution < 1.29 is 0 Å². The first-order valence-corrected chi connectivity index (χ1v) is 6.56. The number of anilines is 1. The van der Waals surface area contributed by atoms with Gasteiger partial charge in [-0.25, -0.2) is 0 Å². The fourth-order valence-electron chi connectivity index (χ4n) is 2.20. The Kier molecular flexibility index (Phi) is 4.03. The van der Waals surface area contributed by atoms with Gasteiger partial charge in [-0.05, 0) is 43.7 Å². The van der Waals surface area contributed by atoms with Crippen LogP contribution in [0, 0.1) is 19.3 Å². The van der Waals surface area contributed by atoms with Crippen LogP contribution in [0.5, 0.6) is 0 Å². The third kappa shape index (κ3) is 3.15. The zero-order chi connectivity index (χ0) is 14.7. The largest absolute Gasteiger partial charge is 0.384 e. The van der Waals surface area contributed by atoms with Gasteiger partial charge in [0.15, 0.2) is 0 Å².